The number of ether oxygens (including phenoxy) is 1. The van der Waals surface area contributed by atoms with Crippen molar-refractivity contribution in [2.75, 3.05) is 18.3 Å². The summed E-state index contributed by atoms with van der Waals surface area (Å²) in [5.74, 6) is -4.08. The Bertz CT molecular complexity index is 1780. The predicted octanol–water partition coefficient (Wildman–Crippen LogP) is 4.81. The highest BCUT2D eigenvalue weighted by Crippen LogP contribution is 2.55. The first-order chi connectivity index (χ1) is 22.8. The fourth-order valence-corrected chi connectivity index (χ4v) is 12.3. The first-order valence-corrected chi connectivity index (χ1v) is 19.0. The number of pyridine rings is 1. The van der Waals surface area contributed by atoms with Crippen LogP contribution in [-0.4, -0.2) is 59.3 Å². The molecule has 2 N–H and O–H groups in total. The number of anilines is 1. The number of aliphatic hydroxyl groups is 1. The van der Waals surface area contributed by atoms with Gasteiger partial charge < -0.3 is 14.3 Å². The second kappa shape index (κ2) is 13.4. The lowest BCUT2D eigenvalue weighted by Crippen LogP contribution is -2.67. The van der Waals surface area contributed by atoms with Crippen molar-refractivity contribution in [3.63, 3.8) is 0 Å². The number of alkyl halides is 2. The zero-order valence-electron chi connectivity index (χ0n) is 26.6. The van der Waals surface area contributed by atoms with E-state index in [0.717, 1.165) is 22.1 Å². The van der Waals surface area contributed by atoms with E-state index in [9.17, 15) is 14.5 Å². The molecule has 0 radical (unpaired) electrons. The molecule has 0 saturated carbocycles. The van der Waals surface area contributed by atoms with Gasteiger partial charge in [0.05, 0.1) is 19.3 Å². The van der Waals surface area contributed by atoms with Crippen LogP contribution in [0, 0.1) is 0 Å². The minimum atomic E-state index is -3.97. The van der Waals surface area contributed by atoms with E-state index in [4.69, 9.17) is 18.2 Å². The molecule has 4 aromatic rings. The van der Waals surface area contributed by atoms with Crippen LogP contribution >= 0.6 is 7.75 Å². The number of aromatic nitrogens is 3. The third kappa shape index (κ3) is 6.53. The van der Waals surface area contributed by atoms with Crippen molar-refractivity contribution in [3.8, 4) is 0 Å². The number of benzene rings is 2. The number of rotatable bonds is 9. The Morgan fingerprint density at radius 3 is 2.25 bits per heavy atom. The maximum absolute atomic E-state index is 15.6. The average molecular weight is 699 g/mol. The monoisotopic (exact) mass is 698 g/mol. The minimum Gasteiger partial charge on any atom is -0.405 e. The van der Waals surface area contributed by atoms with Crippen LogP contribution in [-0.2, 0) is 22.8 Å². The Labute approximate surface area is 277 Å². The Morgan fingerprint density at radius 1 is 1.04 bits per heavy atom. The molecule has 2 saturated heterocycles. The predicted molar refractivity (Wildman–Crippen MR) is 177 cm³/mol. The fraction of sp³-hybridized carbons (Fsp3) is 0.364. The van der Waals surface area contributed by atoms with Crippen molar-refractivity contribution in [3.05, 3.63) is 114 Å². The molecule has 254 valence electrons. The van der Waals surface area contributed by atoms with E-state index in [-0.39, 0.29) is 19.0 Å². The molecule has 0 aliphatic carbocycles. The molecular formula is C33H37F2N4O7PSi. The summed E-state index contributed by atoms with van der Waals surface area (Å²) in [6.07, 6.45) is -1.86. The zero-order valence-corrected chi connectivity index (χ0v) is 28.5. The van der Waals surface area contributed by atoms with Gasteiger partial charge in [-0.2, -0.15) is 13.8 Å². The average Bonchev–Trinajstić information content (AvgIpc) is 3.29. The smallest absolute Gasteiger partial charge is 0.405 e. The lowest BCUT2D eigenvalue weighted by Gasteiger charge is -2.43. The summed E-state index contributed by atoms with van der Waals surface area (Å²) in [6, 6.07) is 23.9. The quantitative estimate of drug-likeness (QED) is 0.185. The summed E-state index contributed by atoms with van der Waals surface area (Å²) in [7, 11) is -7.11. The maximum Gasteiger partial charge on any atom is 0.434 e. The molecule has 6 rings (SSSR count). The molecule has 4 heterocycles. The van der Waals surface area contributed by atoms with E-state index >= 15 is 8.78 Å². The van der Waals surface area contributed by atoms with Crippen molar-refractivity contribution in [2.45, 2.75) is 62.7 Å². The summed E-state index contributed by atoms with van der Waals surface area (Å²) in [6.45, 7) is 5.87. The first kappa shape index (κ1) is 34.2. The molecule has 11 nitrogen and oxygen atoms in total. The third-order valence-corrected chi connectivity index (χ3v) is 15.1. The molecule has 2 unspecified atom stereocenters. The molecule has 0 spiro atoms. The molecule has 2 aromatic carbocycles. The summed E-state index contributed by atoms with van der Waals surface area (Å²) < 4.78 is 68.7. The molecular weight excluding hydrogens is 661 g/mol. The van der Waals surface area contributed by atoms with Crippen LogP contribution in [0.2, 0.25) is 5.04 Å². The zero-order chi connectivity index (χ0) is 34.2. The van der Waals surface area contributed by atoms with E-state index in [1.807, 2.05) is 81.4 Å². The van der Waals surface area contributed by atoms with Crippen molar-refractivity contribution in [1.82, 2.24) is 14.5 Å². The molecule has 2 aromatic heterocycles. The minimum absolute atomic E-state index is 0.103. The van der Waals surface area contributed by atoms with Crippen molar-refractivity contribution in [2.24, 2.45) is 0 Å². The topological polar surface area (TPSA) is 134 Å². The summed E-state index contributed by atoms with van der Waals surface area (Å²) in [5.41, 5.74) is -0.383. The molecule has 2 aliphatic rings. The second-order valence-corrected chi connectivity index (χ2v) is 18.7. The van der Waals surface area contributed by atoms with Gasteiger partial charge in [0.25, 0.3) is 8.32 Å². The highest BCUT2D eigenvalue weighted by Gasteiger charge is 2.61. The Balaban J connectivity index is 1.22. The number of halogens is 2. The lowest BCUT2D eigenvalue weighted by molar-refractivity contribution is -0.140. The molecule has 48 heavy (non-hydrogen) atoms. The fourth-order valence-electron chi connectivity index (χ4n) is 6.26. The van der Waals surface area contributed by atoms with Crippen LogP contribution in [0.5, 0.6) is 0 Å². The number of hydrogen-bond acceptors (Lipinski definition) is 9. The van der Waals surface area contributed by atoms with Gasteiger partial charge in [-0.3, -0.25) is 23.7 Å². The largest absolute Gasteiger partial charge is 0.434 e. The van der Waals surface area contributed by atoms with E-state index < -0.39 is 57.3 Å². The standard InChI is InChI=1S/C33H37F2N4O7PSi/c1-32(2,3)48(24-10-6-4-7-11-24,25-12-8-5-9-13-25)44-22-27-29(40)33(34,35)30(45-27)39-20-16-28(37-31(39)41)38-47(42)43-21-17-26(46-47)23-14-18-36-19-15-23/h4-16,18-20,26-27,29-30,40H,17,21-22H2,1-3H3,(H,37,38,41,42)/t26?,27-,29-,30-,47?/m1/s1. The number of nitrogens with one attached hydrogen (secondary N) is 1. The van der Waals surface area contributed by atoms with E-state index in [2.05, 4.69) is 15.1 Å². The van der Waals surface area contributed by atoms with Crippen molar-refractivity contribution >= 4 is 32.3 Å². The molecule has 0 bridgehead atoms. The van der Waals surface area contributed by atoms with Crippen molar-refractivity contribution < 1.29 is 36.7 Å². The SMILES string of the molecule is CC(C)(C)[Si](OC[C@H]1O[C@@H](n2ccc(NP3(=O)OCCC(c4ccncc4)O3)nc2=O)C(F)(F)[C@@H]1O)(c1ccccc1)c1ccccc1. The molecule has 2 fully saturated rings. The van der Waals surface area contributed by atoms with Gasteiger partial charge >= 0.3 is 19.4 Å². The Morgan fingerprint density at radius 2 is 1.67 bits per heavy atom. The summed E-state index contributed by atoms with van der Waals surface area (Å²) >= 11 is 0. The van der Waals surface area contributed by atoms with Crippen molar-refractivity contribution in [1.29, 1.82) is 0 Å². The van der Waals surface area contributed by atoms with E-state index in [1.165, 1.54) is 6.07 Å². The summed E-state index contributed by atoms with van der Waals surface area (Å²) in [4.78, 5) is 20.9. The van der Waals surface area contributed by atoms with Crippen LogP contribution in [0.25, 0.3) is 0 Å². The number of aliphatic hydroxyl groups excluding tert-OH is 1. The van der Waals surface area contributed by atoms with Gasteiger partial charge in [-0.05, 0) is 39.2 Å². The Hall–Kier alpha value is -3.62. The number of hydrogen-bond donors (Lipinski definition) is 2. The van der Waals surface area contributed by atoms with E-state index in [0.29, 0.717) is 11.0 Å². The van der Waals surface area contributed by atoms with Crippen LogP contribution in [0.1, 0.15) is 45.1 Å². The van der Waals surface area contributed by atoms with Gasteiger partial charge in [0.15, 0.2) is 6.10 Å². The van der Waals surface area contributed by atoms with E-state index in [1.54, 1.807) is 24.5 Å². The van der Waals surface area contributed by atoms with Gasteiger partial charge in [0.2, 0.25) is 6.23 Å². The second-order valence-electron chi connectivity index (χ2n) is 12.7. The highest BCUT2D eigenvalue weighted by molar-refractivity contribution is 7.55. The highest BCUT2D eigenvalue weighted by atomic mass is 31.2. The van der Waals surface area contributed by atoms with Crippen LogP contribution in [0.4, 0.5) is 14.6 Å². The van der Waals surface area contributed by atoms with Gasteiger partial charge in [-0.15, -0.1) is 0 Å². The van der Waals surface area contributed by atoms with Gasteiger partial charge in [-0.25, -0.2) is 9.36 Å². The Kier molecular flexibility index (Phi) is 9.53. The lowest BCUT2D eigenvalue weighted by atomic mass is 10.1. The van der Waals surface area contributed by atoms with Crippen LogP contribution in [0.3, 0.4) is 0 Å². The van der Waals surface area contributed by atoms with Gasteiger partial charge in [-0.1, -0.05) is 81.4 Å². The molecule has 2 aliphatic heterocycles. The number of nitrogens with zero attached hydrogens (tertiary/aromatic N) is 3. The molecule has 15 heteroatoms. The van der Waals surface area contributed by atoms with Gasteiger partial charge in [0.1, 0.15) is 11.9 Å². The van der Waals surface area contributed by atoms with Crippen LogP contribution in [0.15, 0.2) is 102 Å². The molecule has 0 amide bonds. The first-order valence-electron chi connectivity index (χ1n) is 15.5. The molecule has 5 atom stereocenters. The van der Waals surface area contributed by atoms with Crippen LogP contribution < -0.4 is 21.2 Å². The van der Waals surface area contributed by atoms with Gasteiger partial charge in [0, 0.05) is 25.0 Å². The third-order valence-electron chi connectivity index (χ3n) is 8.58. The normalized spacial score (nSPS) is 25.9. The summed E-state index contributed by atoms with van der Waals surface area (Å²) in [5, 5.41) is 14.8. The maximum atomic E-state index is 15.6.